The lowest BCUT2D eigenvalue weighted by atomic mass is 9.83. The minimum Gasteiger partial charge on any atom is -0.490 e. The third-order valence-electron chi connectivity index (χ3n) is 5.97. The summed E-state index contributed by atoms with van der Waals surface area (Å²) in [5.41, 5.74) is 9.16. The first kappa shape index (κ1) is 25.4. The van der Waals surface area contributed by atoms with Gasteiger partial charge in [-0.1, -0.05) is 49.9 Å². The van der Waals surface area contributed by atoms with Crippen LogP contribution in [0.2, 0.25) is 0 Å². The van der Waals surface area contributed by atoms with Crippen molar-refractivity contribution in [1.82, 2.24) is 0 Å². The Kier molecular flexibility index (Phi) is 7.80. The number of ether oxygens (including phenoxy) is 4. The average Bonchev–Trinajstić information content (AvgIpc) is 2.91. The predicted molar refractivity (Wildman–Crippen MR) is 139 cm³/mol. The highest BCUT2D eigenvalue weighted by molar-refractivity contribution is 5.77. The molecule has 0 amide bonds. The quantitative estimate of drug-likeness (QED) is 0.240. The molecule has 0 fully saturated rings. The van der Waals surface area contributed by atoms with E-state index in [1.54, 1.807) is 31.2 Å². The number of nitrogens with two attached hydrogens (primary N) is 1. The van der Waals surface area contributed by atoms with Gasteiger partial charge in [0.25, 0.3) is 0 Å². The topological polar surface area (TPSA) is 104 Å². The standard InChI is InChI=1S/C30H28N2O5/c1-4-16-34-22-12-8-21(9-13-22)28-25-15-14-24(17-27(25)37-29(32)26(28)18-31)36-30(33)19(3)35-23-10-6-20(5-2)7-11-23/h4,6-15,17,19,28H,1,5,16,32H2,2-3H3. The van der Waals surface area contributed by atoms with E-state index < -0.39 is 18.0 Å². The third-order valence-corrected chi connectivity index (χ3v) is 5.97. The molecule has 0 aromatic heterocycles. The van der Waals surface area contributed by atoms with Crippen molar-refractivity contribution in [2.45, 2.75) is 32.3 Å². The Hall–Kier alpha value is -4.70. The van der Waals surface area contributed by atoms with Crippen molar-refractivity contribution in [3.05, 3.63) is 108 Å². The van der Waals surface area contributed by atoms with Gasteiger partial charge >= 0.3 is 5.97 Å². The molecule has 0 aliphatic carbocycles. The number of nitriles is 1. The fourth-order valence-corrected chi connectivity index (χ4v) is 4.01. The molecule has 2 atom stereocenters. The second kappa shape index (κ2) is 11.4. The minimum absolute atomic E-state index is 0.00249. The number of aryl methyl sites for hydroxylation is 1. The molecule has 4 rings (SSSR count). The van der Waals surface area contributed by atoms with Gasteiger partial charge in [-0.25, -0.2) is 4.79 Å². The Bertz CT molecular complexity index is 1350. The van der Waals surface area contributed by atoms with Crippen molar-refractivity contribution in [3.63, 3.8) is 0 Å². The van der Waals surface area contributed by atoms with Gasteiger partial charge in [0.2, 0.25) is 5.88 Å². The van der Waals surface area contributed by atoms with Gasteiger partial charge < -0.3 is 24.7 Å². The molecule has 2 N–H and O–H groups in total. The molecule has 7 nitrogen and oxygen atoms in total. The summed E-state index contributed by atoms with van der Waals surface area (Å²) in [7, 11) is 0. The Morgan fingerprint density at radius 1 is 1.11 bits per heavy atom. The summed E-state index contributed by atoms with van der Waals surface area (Å²) in [5.74, 6) is 0.960. The molecule has 0 saturated carbocycles. The molecule has 0 bridgehead atoms. The monoisotopic (exact) mass is 496 g/mol. The van der Waals surface area contributed by atoms with Gasteiger partial charge in [0.15, 0.2) is 6.10 Å². The van der Waals surface area contributed by atoms with Crippen LogP contribution in [0.3, 0.4) is 0 Å². The van der Waals surface area contributed by atoms with Crippen molar-refractivity contribution >= 4 is 5.97 Å². The van der Waals surface area contributed by atoms with Gasteiger partial charge in [-0.15, -0.1) is 0 Å². The zero-order chi connectivity index (χ0) is 26.4. The number of carbonyl (C=O) groups is 1. The molecule has 37 heavy (non-hydrogen) atoms. The van der Waals surface area contributed by atoms with E-state index in [2.05, 4.69) is 19.6 Å². The fourth-order valence-electron chi connectivity index (χ4n) is 4.01. The zero-order valence-electron chi connectivity index (χ0n) is 20.8. The largest absolute Gasteiger partial charge is 0.490 e. The molecular formula is C30H28N2O5. The Balaban J connectivity index is 1.53. The number of fused-ring (bicyclic) bond motifs is 1. The van der Waals surface area contributed by atoms with Crippen LogP contribution >= 0.6 is 0 Å². The average molecular weight is 497 g/mol. The lowest BCUT2D eigenvalue weighted by Gasteiger charge is -2.27. The summed E-state index contributed by atoms with van der Waals surface area (Å²) in [6.07, 6.45) is 1.76. The van der Waals surface area contributed by atoms with Crippen LogP contribution in [-0.4, -0.2) is 18.7 Å². The van der Waals surface area contributed by atoms with Crippen LogP contribution in [0.15, 0.2) is 90.8 Å². The highest BCUT2D eigenvalue weighted by Gasteiger charge is 2.31. The van der Waals surface area contributed by atoms with Gasteiger partial charge in [-0.2, -0.15) is 5.26 Å². The van der Waals surface area contributed by atoms with Gasteiger partial charge in [-0.05, 0) is 54.8 Å². The van der Waals surface area contributed by atoms with E-state index in [-0.39, 0.29) is 11.6 Å². The zero-order valence-corrected chi connectivity index (χ0v) is 20.8. The highest BCUT2D eigenvalue weighted by Crippen LogP contribution is 2.43. The van der Waals surface area contributed by atoms with Crippen molar-refractivity contribution in [2.75, 3.05) is 6.61 Å². The molecule has 0 radical (unpaired) electrons. The van der Waals surface area contributed by atoms with E-state index in [9.17, 15) is 10.1 Å². The number of hydrogen-bond donors (Lipinski definition) is 1. The van der Waals surface area contributed by atoms with Crippen molar-refractivity contribution in [2.24, 2.45) is 5.73 Å². The van der Waals surface area contributed by atoms with Gasteiger partial charge in [0.1, 0.15) is 41.2 Å². The van der Waals surface area contributed by atoms with E-state index in [4.69, 9.17) is 24.7 Å². The maximum Gasteiger partial charge on any atom is 0.352 e. The maximum absolute atomic E-state index is 12.7. The van der Waals surface area contributed by atoms with Gasteiger partial charge in [-0.3, -0.25) is 0 Å². The van der Waals surface area contributed by atoms with E-state index in [1.807, 2.05) is 48.5 Å². The molecule has 1 aliphatic rings. The van der Waals surface area contributed by atoms with Gasteiger partial charge in [0.05, 0.1) is 5.92 Å². The van der Waals surface area contributed by atoms with E-state index in [0.29, 0.717) is 29.4 Å². The summed E-state index contributed by atoms with van der Waals surface area (Å²) in [6, 6.07) is 22.2. The highest BCUT2D eigenvalue weighted by atomic mass is 16.6. The minimum atomic E-state index is -0.825. The first-order valence-electron chi connectivity index (χ1n) is 12.0. The van der Waals surface area contributed by atoms with Crippen LogP contribution in [0.1, 0.15) is 36.5 Å². The number of esters is 1. The number of hydrogen-bond acceptors (Lipinski definition) is 7. The van der Waals surface area contributed by atoms with Crippen molar-refractivity contribution in [3.8, 4) is 29.1 Å². The van der Waals surface area contributed by atoms with Crippen LogP contribution in [0, 0.1) is 11.3 Å². The first-order chi connectivity index (χ1) is 17.9. The molecule has 7 heteroatoms. The summed E-state index contributed by atoms with van der Waals surface area (Å²) >= 11 is 0. The predicted octanol–water partition coefficient (Wildman–Crippen LogP) is 5.40. The van der Waals surface area contributed by atoms with Crippen LogP contribution in [-0.2, 0) is 11.2 Å². The second-order valence-corrected chi connectivity index (χ2v) is 8.47. The molecule has 3 aromatic rings. The molecule has 1 aliphatic heterocycles. The van der Waals surface area contributed by atoms with E-state index in [1.165, 1.54) is 5.56 Å². The molecule has 0 spiro atoms. The van der Waals surface area contributed by atoms with Gasteiger partial charge in [0, 0.05) is 11.6 Å². The number of nitrogens with zero attached hydrogens (tertiary/aromatic N) is 1. The SMILES string of the molecule is C=CCOc1ccc(C2C(C#N)=C(N)Oc3cc(OC(=O)C(C)Oc4ccc(CC)cc4)ccc32)cc1. The third kappa shape index (κ3) is 5.76. The van der Waals surface area contributed by atoms with Crippen molar-refractivity contribution < 1.29 is 23.7 Å². The Morgan fingerprint density at radius 2 is 1.78 bits per heavy atom. The van der Waals surface area contributed by atoms with Crippen LogP contribution in [0.4, 0.5) is 0 Å². The van der Waals surface area contributed by atoms with E-state index >= 15 is 0 Å². The van der Waals surface area contributed by atoms with Crippen molar-refractivity contribution in [1.29, 1.82) is 5.26 Å². The second-order valence-electron chi connectivity index (χ2n) is 8.47. The smallest absolute Gasteiger partial charge is 0.352 e. The lowest BCUT2D eigenvalue weighted by Crippen LogP contribution is -2.28. The summed E-state index contributed by atoms with van der Waals surface area (Å²) < 4.78 is 22.6. The summed E-state index contributed by atoms with van der Waals surface area (Å²) in [5, 5.41) is 9.79. The molecule has 1 heterocycles. The maximum atomic E-state index is 12.7. The molecule has 2 unspecified atom stereocenters. The normalized spacial score (nSPS) is 15.0. The molecule has 188 valence electrons. The molecule has 0 saturated heterocycles. The fraction of sp³-hybridized carbons (Fsp3) is 0.200. The number of allylic oxidation sites excluding steroid dienone is 1. The van der Waals surface area contributed by atoms with Crippen LogP contribution in [0.25, 0.3) is 0 Å². The summed E-state index contributed by atoms with van der Waals surface area (Å²) in [6.45, 7) is 7.74. The van der Waals surface area contributed by atoms with Crippen LogP contribution in [0.5, 0.6) is 23.0 Å². The lowest BCUT2D eigenvalue weighted by molar-refractivity contribution is -0.141. The number of rotatable bonds is 9. The Morgan fingerprint density at radius 3 is 2.43 bits per heavy atom. The number of carbonyl (C=O) groups excluding carboxylic acids is 1. The first-order valence-corrected chi connectivity index (χ1v) is 12.0. The molecular weight excluding hydrogens is 468 g/mol. The molecule has 3 aromatic carbocycles. The number of benzene rings is 3. The summed E-state index contributed by atoms with van der Waals surface area (Å²) in [4.78, 5) is 12.7. The van der Waals surface area contributed by atoms with E-state index in [0.717, 1.165) is 17.5 Å². The Labute approximate surface area is 216 Å². The van der Waals surface area contributed by atoms with Crippen LogP contribution < -0.4 is 24.7 Å².